The molecule has 0 unspecified atom stereocenters. The van der Waals surface area contributed by atoms with Crippen molar-refractivity contribution in [1.29, 1.82) is 10.5 Å². The molecule has 6 heteroatoms. The van der Waals surface area contributed by atoms with Crippen LogP contribution in [0.1, 0.15) is 28.8 Å². The van der Waals surface area contributed by atoms with Crippen molar-refractivity contribution >= 4 is 11.7 Å². The van der Waals surface area contributed by atoms with Gasteiger partial charge < -0.3 is 10.0 Å². The summed E-state index contributed by atoms with van der Waals surface area (Å²) in [4.78, 5) is 17.4. The fourth-order valence-corrected chi connectivity index (χ4v) is 3.03. The molecule has 0 radical (unpaired) electrons. The summed E-state index contributed by atoms with van der Waals surface area (Å²) in [5.74, 6) is -0.926. The Bertz CT molecular complexity index is 887. The van der Waals surface area contributed by atoms with Crippen molar-refractivity contribution in [2.24, 2.45) is 5.92 Å². The fraction of sp³-hybridized carbons (Fsp3) is 0.263. The van der Waals surface area contributed by atoms with Crippen LogP contribution in [0.2, 0.25) is 0 Å². The highest BCUT2D eigenvalue weighted by atomic mass is 16.4. The summed E-state index contributed by atoms with van der Waals surface area (Å²) in [6.07, 6.45) is 3.04. The zero-order valence-electron chi connectivity index (χ0n) is 13.5. The molecule has 1 aliphatic rings. The highest BCUT2D eigenvalue weighted by molar-refractivity contribution is 5.89. The number of nitriles is 2. The third-order valence-corrected chi connectivity index (χ3v) is 4.44. The smallest absolute Gasteiger partial charge is 0.335 e. The third-order valence-electron chi connectivity index (χ3n) is 4.44. The average molecular weight is 332 g/mol. The summed E-state index contributed by atoms with van der Waals surface area (Å²) in [7, 11) is 0. The predicted molar refractivity (Wildman–Crippen MR) is 91.9 cm³/mol. The molecule has 0 aliphatic carbocycles. The number of nitrogens with zero attached hydrogens (tertiary/aromatic N) is 4. The second kappa shape index (κ2) is 7.02. The SMILES string of the molecule is N#Cc1cc(-c2cc(C(=O)O)ccn2)ccc1N1CCC(C#N)CC1. The number of hydrogen-bond donors (Lipinski definition) is 1. The second-order valence-corrected chi connectivity index (χ2v) is 5.97. The molecule has 1 N–H and O–H groups in total. The number of carboxylic acid groups (broad SMARTS) is 1. The van der Waals surface area contributed by atoms with Crippen LogP contribution in [-0.4, -0.2) is 29.1 Å². The summed E-state index contributed by atoms with van der Waals surface area (Å²) >= 11 is 0. The Labute approximate surface area is 145 Å². The molecule has 0 atom stereocenters. The lowest BCUT2D eigenvalue weighted by Crippen LogP contribution is -2.33. The van der Waals surface area contributed by atoms with Gasteiger partial charge in [0.05, 0.1) is 28.6 Å². The summed E-state index contributed by atoms with van der Waals surface area (Å²) in [6, 6.07) is 12.9. The van der Waals surface area contributed by atoms with Crippen LogP contribution in [0.25, 0.3) is 11.3 Å². The van der Waals surface area contributed by atoms with E-state index in [1.807, 2.05) is 12.1 Å². The van der Waals surface area contributed by atoms with Crippen molar-refractivity contribution in [2.75, 3.05) is 18.0 Å². The molecule has 1 aromatic heterocycles. The maximum absolute atomic E-state index is 11.1. The molecule has 1 aliphatic heterocycles. The van der Waals surface area contributed by atoms with Crippen LogP contribution in [-0.2, 0) is 0 Å². The molecule has 0 bridgehead atoms. The molecule has 2 heterocycles. The summed E-state index contributed by atoms with van der Waals surface area (Å²) in [6.45, 7) is 1.50. The number of hydrogen-bond acceptors (Lipinski definition) is 5. The lowest BCUT2D eigenvalue weighted by molar-refractivity contribution is 0.0697. The Morgan fingerprint density at radius 1 is 1.20 bits per heavy atom. The Hall–Kier alpha value is -3.38. The number of aromatic nitrogens is 1. The maximum atomic E-state index is 11.1. The number of pyridine rings is 1. The van der Waals surface area contributed by atoms with Crippen molar-refractivity contribution in [3.63, 3.8) is 0 Å². The number of carbonyl (C=O) groups is 1. The predicted octanol–water partition coefficient (Wildman–Crippen LogP) is 3.06. The minimum atomic E-state index is -1.01. The molecule has 1 saturated heterocycles. The molecule has 2 aromatic rings. The molecule has 0 saturated carbocycles. The zero-order valence-corrected chi connectivity index (χ0v) is 13.5. The average Bonchev–Trinajstić information content (AvgIpc) is 2.67. The van der Waals surface area contributed by atoms with Crippen LogP contribution in [0, 0.1) is 28.6 Å². The number of benzene rings is 1. The van der Waals surface area contributed by atoms with Gasteiger partial charge in [0.2, 0.25) is 0 Å². The fourth-order valence-electron chi connectivity index (χ4n) is 3.03. The van der Waals surface area contributed by atoms with E-state index >= 15 is 0 Å². The number of carboxylic acids is 1. The highest BCUT2D eigenvalue weighted by Gasteiger charge is 2.21. The molecule has 124 valence electrons. The molecule has 0 spiro atoms. The highest BCUT2D eigenvalue weighted by Crippen LogP contribution is 2.29. The van der Waals surface area contributed by atoms with Crippen LogP contribution in [0.5, 0.6) is 0 Å². The van der Waals surface area contributed by atoms with E-state index in [1.54, 1.807) is 6.07 Å². The van der Waals surface area contributed by atoms with Crippen molar-refractivity contribution in [1.82, 2.24) is 4.98 Å². The van der Waals surface area contributed by atoms with Crippen molar-refractivity contribution in [3.8, 4) is 23.4 Å². The molecular formula is C19H16N4O2. The normalized spacial score (nSPS) is 14.6. The molecule has 25 heavy (non-hydrogen) atoms. The van der Waals surface area contributed by atoms with E-state index in [1.165, 1.54) is 18.3 Å². The van der Waals surface area contributed by atoms with Gasteiger partial charge in [-0.2, -0.15) is 10.5 Å². The van der Waals surface area contributed by atoms with E-state index in [9.17, 15) is 10.1 Å². The monoisotopic (exact) mass is 332 g/mol. The number of aromatic carboxylic acids is 1. The first-order valence-corrected chi connectivity index (χ1v) is 8.01. The molecule has 1 aromatic carbocycles. The minimum Gasteiger partial charge on any atom is -0.478 e. The summed E-state index contributed by atoms with van der Waals surface area (Å²) in [5, 5.41) is 27.6. The van der Waals surface area contributed by atoms with Gasteiger partial charge in [0.25, 0.3) is 0 Å². The van der Waals surface area contributed by atoms with Gasteiger partial charge in [-0.3, -0.25) is 4.98 Å². The molecule has 3 rings (SSSR count). The van der Waals surface area contributed by atoms with Crippen LogP contribution in [0.4, 0.5) is 5.69 Å². The first-order chi connectivity index (χ1) is 12.1. The van der Waals surface area contributed by atoms with Crippen LogP contribution in [0.15, 0.2) is 36.5 Å². The number of anilines is 1. The van der Waals surface area contributed by atoms with Crippen LogP contribution < -0.4 is 4.90 Å². The van der Waals surface area contributed by atoms with E-state index in [4.69, 9.17) is 10.4 Å². The zero-order chi connectivity index (χ0) is 17.8. The van der Waals surface area contributed by atoms with Gasteiger partial charge in [-0.1, -0.05) is 6.07 Å². The molecular weight excluding hydrogens is 316 g/mol. The standard InChI is InChI=1S/C19H16N4O2/c20-11-13-4-7-23(8-5-13)18-2-1-14(9-16(18)12-21)17-10-15(19(24)25)3-6-22-17/h1-3,6,9-10,13H,4-5,7-8H2,(H,24,25). The molecule has 1 fully saturated rings. The Morgan fingerprint density at radius 2 is 1.96 bits per heavy atom. The largest absolute Gasteiger partial charge is 0.478 e. The van der Waals surface area contributed by atoms with Gasteiger partial charge in [0.1, 0.15) is 6.07 Å². The Kier molecular flexibility index (Phi) is 4.63. The van der Waals surface area contributed by atoms with Crippen LogP contribution in [0.3, 0.4) is 0 Å². The summed E-state index contributed by atoms with van der Waals surface area (Å²) in [5.41, 5.74) is 2.75. The van der Waals surface area contributed by atoms with E-state index < -0.39 is 5.97 Å². The van der Waals surface area contributed by atoms with E-state index in [2.05, 4.69) is 22.0 Å². The lowest BCUT2D eigenvalue weighted by Gasteiger charge is -2.31. The van der Waals surface area contributed by atoms with Gasteiger partial charge >= 0.3 is 5.97 Å². The maximum Gasteiger partial charge on any atom is 0.335 e. The molecule has 6 nitrogen and oxygen atoms in total. The van der Waals surface area contributed by atoms with Gasteiger partial charge in [0, 0.05) is 30.8 Å². The first-order valence-electron chi connectivity index (χ1n) is 8.01. The topological polar surface area (TPSA) is 101 Å². The van der Waals surface area contributed by atoms with E-state index in [-0.39, 0.29) is 11.5 Å². The van der Waals surface area contributed by atoms with Crippen molar-refractivity contribution in [2.45, 2.75) is 12.8 Å². The van der Waals surface area contributed by atoms with Gasteiger partial charge in [-0.25, -0.2) is 4.79 Å². The van der Waals surface area contributed by atoms with E-state index in [0.29, 0.717) is 16.8 Å². The third kappa shape index (κ3) is 3.44. The minimum absolute atomic E-state index is 0.0871. The van der Waals surface area contributed by atoms with Crippen molar-refractivity contribution in [3.05, 3.63) is 47.7 Å². The van der Waals surface area contributed by atoms with Gasteiger partial charge in [-0.15, -0.1) is 0 Å². The van der Waals surface area contributed by atoms with Gasteiger partial charge in [-0.05, 0) is 37.1 Å². The second-order valence-electron chi connectivity index (χ2n) is 5.97. The summed E-state index contributed by atoms with van der Waals surface area (Å²) < 4.78 is 0. The van der Waals surface area contributed by atoms with Gasteiger partial charge in [0.15, 0.2) is 0 Å². The van der Waals surface area contributed by atoms with Crippen LogP contribution >= 0.6 is 0 Å². The number of piperidine rings is 1. The lowest BCUT2D eigenvalue weighted by atomic mass is 9.97. The Morgan fingerprint density at radius 3 is 2.60 bits per heavy atom. The quantitative estimate of drug-likeness (QED) is 0.927. The molecule has 0 amide bonds. The Balaban J connectivity index is 1.91. The van der Waals surface area contributed by atoms with E-state index in [0.717, 1.165) is 31.6 Å². The van der Waals surface area contributed by atoms with Crippen molar-refractivity contribution < 1.29 is 9.90 Å². The first kappa shape index (κ1) is 16.5. The number of rotatable bonds is 3.